The summed E-state index contributed by atoms with van der Waals surface area (Å²) in [7, 11) is 0. The number of benzene rings is 1. The summed E-state index contributed by atoms with van der Waals surface area (Å²) in [5, 5.41) is 17.7. The lowest BCUT2D eigenvalue weighted by molar-refractivity contribution is 0.874. The van der Waals surface area contributed by atoms with Gasteiger partial charge in [-0.05, 0) is 6.92 Å². The largest absolute Gasteiger partial charge is 0.341 e. The Labute approximate surface area is 112 Å². The predicted molar refractivity (Wildman–Crippen MR) is 72.0 cm³/mol. The van der Waals surface area contributed by atoms with Gasteiger partial charge in [-0.3, -0.25) is 0 Å². The molecule has 0 spiro atoms. The summed E-state index contributed by atoms with van der Waals surface area (Å²) in [6, 6.07) is 14.1. The number of nitrogens with zero attached hydrogens (tertiary/aromatic N) is 3. The molecule has 0 bridgehead atoms. The van der Waals surface area contributed by atoms with Gasteiger partial charge in [-0.1, -0.05) is 30.3 Å². The normalized spacial score (nSPS) is 11.5. The van der Waals surface area contributed by atoms with Gasteiger partial charge < -0.3 is 4.98 Å². The van der Waals surface area contributed by atoms with Gasteiger partial charge >= 0.3 is 0 Å². The third-order valence-electron chi connectivity index (χ3n) is 2.96. The van der Waals surface area contributed by atoms with Gasteiger partial charge in [0.15, 0.2) is 0 Å². The van der Waals surface area contributed by atoms with Gasteiger partial charge in [0.2, 0.25) is 0 Å². The predicted octanol–water partition coefficient (Wildman–Crippen LogP) is 3.16. The van der Waals surface area contributed by atoms with Crippen LogP contribution in [0.15, 0.2) is 30.3 Å². The molecule has 1 atom stereocenters. The maximum atomic E-state index is 9.06. The van der Waals surface area contributed by atoms with Crippen LogP contribution in [0.3, 0.4) is 0 Å². The van der Waals surface area contributed by atoms with Crippen molar-refractivity contribution in [2.24, 2.45) is 0 Å². The highest BCUT2D eigenvalue weighted by Crippen LogP contribution is 2.23. The van der Waals surface area contributed by atoms with Crippen LogP contribution < -0.4 is 0 Å². The van der Waals surface area contributed by atoms with E-state index in [1.54, 1.807) is 0 Å². The first-order chi connectivity index (χ1) is 9.26. The quantitative estimate of drug-likeness (QED) is 0.905. The lowest BCUT2D eigenvalue weighted by atomic mass is 10.1. The summed E-state index contributed by atoms with van der Waals surface area (Å²) >= 11 is 0. The van der Waals surface area contributed by atoms with Crippen molar-refractivity contribution in [1.82, 2.24) is 9.97 Å². The third kappa shape index (κ3) is 2.81. The van der Waals surface area contributed by atoms with Crippen LogP contribution in [0.25, 0.3) is 11.4 Å². The van der Waals surface area contributed by atoms with Crippen molar-refractivity contribution in [1.29, 1.82) is 10.5 Å². The first-order valence-corrected chi connectivity index (χ1v) is 6.17. The van der Waals surface area contributed by atoms with E-state index in [1.807, 2.05) is 37.3 Å². The van der Waals surface area contributed by atoms with E-state index in [-0.39, 0.29) is 5.92 Å². The molecule has 94 valence electrons. The molecule has 0 saturated heterocycles. The molecule has 0 saturated carbocycles. The van der Waals surface area contributed by atoms with E-state index in [1.165, 1.54) is 0 Å². The SMILES string of the molecule is CC(C#N)c1[nH]c(-c2ccccc2)nc1CCC#N. The molecule has 0 radical (unpaired) electrons. The number of hydrogen-bond acceptors (Lipinski definition) is 3. The highest BCUT2D eigenvalue weighted by Gasteiger charge is 2.16. The van der Waals surface area contributed by atoms with Crippen LogP contribution in [0.2, 0.25) is 0 Å². The number of H-pyrrole nitrogens is 1. The van der Waals surface area contributed by atoms with Crippen LogP contribution in [0.4, 0.5) is 0 Å². The Bertz CT molecular complexity index is 628. The number of aromatic nitrogens is 2. The second-order valence-electron chi connectivity index (χ2n) is 4.32. The minimum atomic E-state index is -0.251. The second kappa shape index (κ2) is 5.84. The number of rotatable bonds is 4. The first kappa shape index (κ1) is 12.9. The van der Waals surface area contributed by atoms with Gasteiger partial charge in [0, 0.05) is 18.4 Å². The van der Waals surface area contributed by atoms with E-state index in [9.17, 15) is 0 Å². The maximum absolute atomic E-state index is 9.06. The zero-order chi connectivity index (χ0) is 13.7. The van der Waals surface area contributed by atoms with Gasteiger partial charge in [-0.2, -0.15) is 10.5 Å². The van der Waals surface area contributed by atoms with Gasteiger partial charge in [-0.15, -0.1) is 0 Å². The van der Waals surface area contributed by atoms with Crippen molar-refractivity contribution in [2.75, 3.05) is 0 Å². The van der Waals surface area contributed by atoms with Gasteiger partial charge in [-0.25, -0.2) is 4.98 Å². The van der Waals surface area contributed by atoms with Crippen molar-refractivity contribution >= 4 is 0 Å². The van der Waals surface area contributed by atoms with Crippen LogP contribution in [0.1, 0.15) is 30.7 Å². The van der Waals surface area contributed by atoms with E-state index in [0.717, 1.165) is 22.8 Å². The third-order valence-corrected chi connectivity index (χ3v) is 2.96. The lowest BCUT2D eigenvalue weighted by Crippen LogP contribution is -1.96. The molecule has 1 heterocycles. The molecule has 0 aliphatic carbocycles. The average molecular weight is 250 g/mol. The minimum Gasteiger partial charge on any atom is -0.341 e. The Balaban J connectivity index is 2.40. The Morgan fingerprint density at radius 3 is 2.63 bits per heavy atom. The van der Waals surface area contributed by atoms with Crippen LogP contribution in [0, 0.1) is 22.7 Å². The minimum absolute atomic E-state index is 0.251. The number of nitrogens with one attached hydrogen (secondary N) is 1. The molecule has 2 rings (SSSR count). The summed E-state index contributed by atoms with van der Waals surface area (Å²) in [5.74, 6) is 0.504. The molecule has 0 amide bonds. The fourth-order valence-electron chi connectivity index (χ4n) is 1.94. The van der Waals surface area contributed by atoms with Crippen molar-refractivity contribution < 1.29 is 0 Å². The van der Waals surface area contributed by atoms with E-state index >= 15 is 0 Å². The fraction of sp³-hybridized carbons (Fsp3) is 0.267. The molecule has 2 aromatic rings. The molecule has 1 aromatic heterocycles. The van der Waals surface area contributed by atoms with Gasteiger partial charge in [0.05, 0.1) is 29.4 Å². The van der Waals surface area contributed by atoms with Crippen LogP contribution in [-0.4, -0.2) is 9.97 Å². The molecule has 0 aliphatic rings. The zero-order valence-corrected chi connectivity index (χ0v) is 10.7. The van der Waals surface area contributed by atoms with Crippen molar-refractivity contribution in [3.63, 3.8) is 0 Å². The molecular formula is C15H14N4. The summed E-state index contributed by atoms with van der Waals surface area (Å²) < 4.78 is 0. The monoisotopic (exact) mass is 250 g/mol. The first-order valence-electron chi connectivity index (χ1n) is 6.17. The number of imidazole rings is 1. The Morgan fingerprint density at radius 2 is 2.00 bits per heavy atom. The Hall–Kier alpha value is -2.59. The number of aryl methyl sites for hydroxylation is 1. The smallest absolute Gasteiger partial charge is 0.137 e. The summed E-state index contributed by atoms with van der Waals surface area (Å²) in [6.07, 6.45) is 0.978. The summed E-state index contributed by atoms with van der Waals surface area (Å²) in [4.78, 5) is 7.74. The molecule has 1 aromatic carbocycles. The lowest BCUT2D eigenvalue weighted by Gasteiger charge is -2.01. The highest BCUT2D eigenvalue weighted by atomic mass is 14.9. The number of aromatic amines is 1. The standard InChI is InChI=1S/C15H14N4/c1-11(10-17)14-13(8-5-9-16)18-15(19-14)12-6-3-2-4-7-12/h2-4,6-7,11H,5,8H2,1H3,(H,18,19). The van der Waals surface area contributed by atoms with Crippen molar-refractivity contribution in [3.8, 4) is 23.5 Å². The molecule has 4 nitrogen and oxygen atoms in total. The summed E-state index contributed by atoms with van der Waals surface area (Å²) in [5.41, 5.74) is 2.61. The fourth-order valence-corrected chi connectivity index (χ4v) is 1.94. The molecule has 19 heavy (non-hydrogen) atoms. The van der Waals surface area contributed by atoms with Gasteiger partial charge in [0.1, 0.15) is 5.82 Å². The molecular weight excluding hydrogens is 236 g/mol. The van der Waals surface area contributed by atoms with Gasteiger partial charge in [0.25, 0.3) is 0 Å². The summed E-state index contributed by atoms with van der Waals surface area (Å²) in [6.45, 7) is 1.83. The molecule has 1 N–H and O–H groups in total. The Kier molecular flexibility index (Phi) is 3.95. The molecule has 4 heteroatoms. The van der Waals surface area contributed by atoms with Crippen LogP contribution in [0.5, 0.6) is 0 Å². The zero-order valence-electron chi connectivity index (χ0n) is 10.7. The van der Waals surface area contributed by atoms with E-state index in [4.69, 9.17) is 10.5 Å². The number of nitriles is 2. The molecule has 0 fully saturated rings. The molecule has 1 unspecified atom stereocenters. The van der Waals surface area contributed by atoms with Crippen molar-refractivity contribution in [3.05, 3.63) is 41.7 Å². The van der Waals surface area contributed by atoms with Crippen LogP contribution >= 0.6 is 0 Å². The number of hydrogen-bond donors (Lipinski definition) is 1. The Morgan fingerprint density at radius 1 is 1.26 bits per heavy atom. The maximum Gasteiger partial charge on any atom is 0.137 e. The van der Waals surface area contributed by atoms with Crippen LogP contribution in [-0.2, 0) is 6.42 Å². The topological polar surface area (TPSA) is 76.3 Å². The van der Waals surface area contributed by atoms with E-state index < -0.39 is 0 Å². The molecule has 0 aliphatic heterocycles. The second-order valence-corrected chi connectivity index (χ2v) is 4.32. The van der Waals surface area contributed by atoms with E-state index in [0.29, 0.717) is 12.8 Å². The highest BCUT2D eigenvalue weighted by molar-refractivity contribution is 5.56. The van der Waals surface area contributed by atoms with E-state index in [2.05, 4.69) is 22.1 Å². The average Bonchev–Trinajstić information content (AvgIpc) is 2.89. The van der Waals surface area contributed by atoms with Crippen molar-refractivity contribution in [2.45, 2.75) is 25.7 Å².